The summed E-state index contributed by atoms with van der Waals surface area (Å²) in [5.74, 6) is 0.309. The fraction of sp³-hybridized carbons (Fsp3) is 0. The van der Waals surface area contributed by atoms with Crippen LogP contribution in [0.5, 0.6) is 0 Å². The highest BCUT2D eigenvalue weighted by Gasteiger charge is 2.14. The average molecular weight is 348 g/mol. The maximum atomic E-state index is 13.8. The molecule has 0 saturated heterocycles. The fourth-order valence-corrected chi connectivity index (χ4v) is 3.23. The van der Waals surface area contributed by atoms with Crippen molar-refractivity contribution in [2.45, 2.75) is 0 Å². The van der Waals surface area contributed by atoms with Crippen molar-refractivity contribution < 1.29 is 8.81 Å². The van der Waals surface area contributed by atoms with E-state index in [1.54, 1.807) is 18.2 Å². The Morgan fingerprint density at radius 1 is 1.30 bits per heavy atom. The third-order valence-electron chi connectivity index (χ3n) is 3.20. The molecule has 0 spiro atoms. The van der Waals surface area contributed by atoms with E-state index >= 15 is 0 Å². The highest BCUT2D eigenvalue weighted by atomic mass is 35.5. The highest BCUT2D eigenvalue weighted by molar-refractivity contribution is 7.15. The molecule has 0 N–H and O–H groups in total. The molecule has 5 nitrogen and oxygen atoms in total. The van der Waals surface area contributed by atoms with Crippen LogP contribution in [0.4, 0.5) is 4.39 Å². The summed E-state index contributed by atoms with van der Waals surface area (Å²) in [4.78, 5) is 17.0. The van der Waals surface area contributed by atoms with Crippen LogP contribution in [0.25, 0.3) is 22.6 Å². The molecule has 0 atom stereocenters. The van der Waals surface area contributed by atoms with E-state index in [-0.39, 0.29) is 16.1 Å². The topological polar surface area (TPSA) is 60.4 Å². The summed E-state index contributed by atoms with van der Waals surface area (Å²) in [5.41, 5.74) is -0.211. The standard InChI is InChI=1S/C15H7ClFN3O2S/c16-9-3-1-4-10(17)8(9)7-12-14(21)20-15(23-12)18-13(19-20)11-5-2-6-22-11/h1-7H/b12-7-. The Morgan fingerprint density at radius 2 is 2.17 bits per heavy atom. The number of fused-ring (bicyclic) bond motifs is 1. The fourth-order valence-electron chi connectivity index (χ4n) is 2.12. The molecule has 0 aliphatic heterocycles. The van der Waals surface area contributed by atoms with Crippen molar-refractivity contribution >= 4 is 34.0 Å². The highest BCUT2D eigenvalue weighted by Crippen LogP contribution is 2.20. The van der Waals surface area contributed by atoms with E-state index in [1.165, 1.54) is 29.0 Å². The van der Waals surface area contributed by atoms with Gasteiger partial charge in [-0.2, -0.15) is 9.50 Å². The van der Waals surface area contributed by atoms with E-state index < -0.39 is 5.82 Å². The number of hydrogen-bond acceptors (Lipinski definition) is 5. The molecule has 114 valence electrons. The molecule has 4 rings (SSSR count). The Balaban J connectivity index is 1.90. The van der Waals surface area contributed by atoms with Gasteiger partial charge in [0.2, 0.25) is 10.8 Å². The zero-order chi connectivity index (χ0) is 16.0. The smallest absolute Gasteiger partial charge is 0.291 e. The van der Waals surface area contributed by atoms with Crippen molar-refractivity contribution in [1.29, 1.82) is 0 Å². The summed E-state index contributed by atoms with van der Waals surface area (Å²) in [7, 11) is 0. The monoisotopic (exact) mass is 347 g/mol. The van der Waals surface area contributed by atoms with Crippen molar-refractivity contribution in [3.05, 3.63) is 67.9 Å². The summed E-state index contributed by atoms with van der Waals surface area (Å²) in [5, 5.41) is 4.36. The maximum Gasteiger partial charge on any atom is 0.291 e. The second-order valence-electron chi connectivity index (χ2n) is 4.66. The van der Waals surface area contributed by atoms with Gasteiger partial charge in [-0.15, -0.1) is 5.10 Å². The summed E-state index contributed by atoms with van der Waals surface area (Å²) < 4.78 is 20.5. The average Bonchev–Trinajstić information content (AvgIpc) is 3.22. The van der Waals surface area contributed by atoms with Gasteiger partial charge in [-0.05, 0) is 30.3 Å². The van der Waals surface area contributed by atoms with E-state index in [9.17, 15) is 9.18 Å². The molecule has 0 amide bonds. The summed E-state index contributed by atoms with van der Waals surface area (Å²) in [6, 6.07) is 7.77. The lowest BCUT2D eigenvalue weighted by atomic mass is 10.2. The minimum absolute atomic E-state index is 0.169. The van der Waals surface area contributed by atoms with E-state index in [0.29, 0.717) is 21.1 Å². The van der Waals surface area contributed by atoms with Crippen LogP contribution in [0.15, 0.2) is 45.8 Å². The number of rotatable bonds is 2. The lowest BCUT2D eigenvalue weighted by Crippen LogP contribution is -2.23. The number of furan rings is 1. The van der Waals surface area contributed by atoms with E-state index in [2.05, 4.69) is 10.1 Å². The third-order valence-corrected chi connectivity index (χ3v) is 4.49. The van der Waals surface area contributed by atoms with Crippen molar-refractivity contribution in [2.75, 3.05) is 0 Å². The second-order valence-corrected chi connectivity index (χ2v) is 6.07. The molecule has 23 heavy (non-hydrogen) atoms. The lowest BCUT2D eigenvalue weighted by molar-refractivity contribution is 0.577. The van der Waals surface area contributed by atoms with Crippen molar-refractivity contribution in [2.24, 2.45) is 0 Å². The van der Waals surface area contributed by atoms with Gasteiger partial charge < -0.3 is 4.42 Å². The first-order chi connectivity index (χ1) is 11.1. The number of hydrogen-bond donors (Lipinski definition) is 0. The molecule has 0 radical (unpaired) electrons. The van der Waals surface area contributed by atoms with Crippen LogP contribution in [-0.4, -0.2) is 14.6 Å². The molecule has 4 aromatic rings. The Labute approximate surface area is 137 Å². The summed E-state index contributed by atoms with van der Waals surface area (Å²) in [6.07, 6.45) is 2.91. The molecule has 0 unspecified atom stereocenters. The van der Waals surface area contributed by atoms with Gasteiger partial charge in [-0.3, -0.25) is 4.79 Å². The van der Waals surface area contributed by atoms with Gasteiger partial charge in [0, 0.05) is 5.56 Å². The third kappa shape index (κ3) is 2.34. The molecular formula is C15H7ClFN3O2S. The van der Waals surface area contributed by atoms with Crippen LogP contribution >= 0.6 is 22.9 Å². The Hall–Kier alpha value is -2.51. The Bertz CT molecular complexity index is 1100. The number of nitrogens with zero attached hydrogens (tertiary/aromatic N) is 3. The maximum absolute atomic E-state index is 13.8. The number of benzene rings is 1. The molecule has 0 aliphatic rings. The predicted octanol–water partition coefficient (Wildman–Crippen LogP) is 2.75. The number of halogens is 2. The SMILES string of the molecule is O=c1/c(=C/c2c(F)cccc2Cl)sc2nc(-c3ccco3)nn12. The largest absolute Gasteiger partial charge is 0.461 e. The molecule has 3 aromatic heterocycles. The number of aromatic nitrogens is 3. The predicted molar refractivity (Wildman–Crippen MR) is 85.0 cm³/mol. The molecule has 0 fully saturated rings. The zero-order valence-electron chi connectivity index (χ0n) is 11.4. The van der Waals surface area contributed by atoms with Gasteiger partial charge in [0.05, 0.1) is 15.8 Å². The molecule has 1 aromatic carbocycles. The molecule has 0 aliphatic carbocycles. The van der Waals surface area contributed by atoms with Crippen molar-refractivity contribution in [1.82, 2.24) is 14.6 Å². The summed E-state index contributed by atoms with van der Waals surface area (Å²) in [6.45, 7) is 0. The first-order valence-electron chi connectivity index (χ1n) is 6.52. The van der Waals surface area contributed by atoms with Gasteiger partial charge >= 0.3 is 0 Å². The second kappa shape index (κ2) is 5.29. The summed E-state index contributed by atoms with van der Waals surface area (Å²) >= 11 is 7.09. The minimum Gasteiger partial charge on any atom is -0.461 e. The van der Waals surface area contributed by atoms with Crippen LogP contribution in [0.1, 0.15) is 5.56 Å². The Morgan fingerprint density at radius 3 is 2.87 bits per heavy atom. The van der Waals surface area contributed by atoms with Crippen LogP contribution in [0.3, 0.4) is 0 Å². The van der Waals surface area contributed by atoms with E-state index in [0.717, 1.165) is 11.3 Å². The number of thiazole rings is 1. The van der Waals surface area contributed by atoms with Crippen LogP contribution in [-0.2, 0) is 0 Å². The first-order valence-corrected chi connectivity index (χ1v) is 7.72. The molecule has 0 saturated carbocycles. The van der Waals surface area contributed by atoms with Crippen molar-refractivity contribution in [3.63, 3.8) is 0 Å². The van der Waals surface area contributed by atoms with Crippen LogP contribution in [0, 0.1) is 5.82 Å². The molecular weight excluding hydrogens is 341 g/mol. The van der Waals surface area contributed by atoms with Gasteiger partial charge in [0.1, 0.15) is 5.82 Å². The normalized spacial score (nSPS) is 12.3. The van der Waals surface area contributed by atoms with Gasteiger partial charge in [0.15, 0.2) is 5.76 Å². The van der Waals surface area contributed by atoms with Crippen LogP contribution in [0.2, 0.25) is 5.02 Å². The van der Waals surface area contributed by atoms with E-state index in [4.69, 9.17) is 16.0 Å². The first kappa shape index (κ1) is 14.1. The van der Waals surface area contributed by atoms with Gasteiger partial charge in [0.25, 0.3) is 5.56 Å². The van der Waals surface area contributed by atoms with E-state index in [1.807, 2.05) is 0 Å². The quantitative estimate of drug-likeness (QED) is 0.559. The molecule has 0 bridgehead atoms. The Kier molecular flexibility index (Phi) is 3.24. The van der Waals surface area contributed by atoms with Crippen LogP contribution < -0.4 is 10.1 Å². The van der Waals surface area contributed by atoms with Gasteiger partial charge in [-0.1, -0.05) is 29.0 Å². The zero-order valence-corrected chi connectivity index (χ0v) is 12.9. The minimum atomic E-state index is -0.493. The van der Waals surface area contributed by atoms with Crippen molar-refractivity contribution in [3.8, 4) is 11.6 Å². The lowest BCUT2D eigenvalue weighted by Gasteiger charge is -1.97. The molecule has 3 heterocycles. The molecule has 8 heteroatoms. The van der Waals surface area contributed by atoms with Gasteiger partial charge in [-0.25, -0.2) is 4.39 Å².